The van der Waals surface area contributed by atoms with E-state index in [2.05, 4.69) is 26.7 Å². The highest BCUT2D eigenvalue weighted by Gasteiger charge is 2.06. The van der Waals surface area contributed by atoms with E-state index >= 15 is 0 Å². The highest BCUT2D eigenvalue weighted by Crippen LogP contribution is 2.16. The summed E-state index contributed by atoms with van der Waals surface area (Å²) < 4.78 is 10.8. The molecule has 0 atom stereocenters. The average Bonchev–Trinajstić information content (AvgIpc) is 2.68. The van der Waals surface area contributed by atoms with Gasteiger partial charge in [0.2, 0.25) is 0 Å². The number of rotatable bonds is 8. The first-order valence-electron chi connectivity index (χ1n) is 8.46. The van der Waals surface area contributed by atoms with Gasteiger partial charge in [-0.05, 0) is 30.3 Å². The van der Waals surface area contributed by atoms with Crippen molar-refractivity contribution >= 4 is 11.8 Å². The van der Waals surface area contributed by atoms with Crippen molar-refractivity contribution in [3.63, 3.8) is 0 Å². The molecule has 0 radical (unpaired) electrons. The van der Waals surface area contributed by atoms with Crippen molar-refractivity contribution in [3.05, 3.63) is 48.2 Å². The normalized spacial score (nSPS) is 11.0. The van der Waals surface area contributed by atoms with Gasteiger partial charge in [0.1, 0.15) is 23.9 Å². The summed E-state index contributed by atoms with van der Waals surface area (Å²) in [7, 11) is 7.35. The number of hydrogen-bond donors (Lipinski definition) is 2. The van der Waals surface area contributed by atoms with Gasteiger partial charge in [-0.15, -0.1) is 0 Å². The largest absolute Gasteiger partial charge is 0.497 e. The average molecular weight is 357 g/mol. The Bertz CT molecular complexity index is 701. The molecule has 7 heteroatoms. The predicted molar refractivity (Wildman–Crippen MR) is 105 cm³/mol. The van der Waals surface area contributed by atoms with Gasteiger partial charge in [-0.2, -0.15) is 0 Å². The third-order valence-electron chi connectivity index (χ3n) is 3.68. The lowest BCUT2D eigenvalue weighted by Crippen LogP contribution is -2.39. The van der Waals surface area contributed by atoms with Crippen molar-refractivity contribution < 1.29 is 9.47 Å². The second-order valence-corrected chi connectivity index (χ2v) is 5.76. The van der Waals surface area contributed by atoms with Gasteiger partial charge in [0.05, 0.1) is 13.7 Å². The van der Waals surface area contributed by atoms with Crippen molar-refractivity contribution in [2.45, 2.75) is 6.54 Å². The number of ether oxygens (including phenoxy) is 2. The maximum absolute atomic E-state index is 5.70. The van der Waals surface area contributed by atoms with Gasteiger partial charge in [-0.1, -0.05) is 6.07 Å². The molecule has 0 aliphatic heterocycles. The van der Waals surface area contributed by atoms with Crippen LogP contribution in [0.2, 0.25) is 0 Å². The van der Waals surface area contributed by atoms with Crippen LogP contribution in [0.3, 0.4) is 0 Å². The van der Waals surface area contributed by atoms with Gasteiger partial charge >= 0.3 is 0 Å². The molecule has 0 fully saturated rings. The SMILES string of the molecule is CN=C(NCCOc1ccc(OC)cc1)NCc1cccnc1N(C)C. The van der Waals surface area contributed by atoms with Crippen LogP contribution in [0.5, 0.6) is 11.5 Å². The van der Waals surface area contributed by atoms with E-state index in [-0.39, 0.29) is 0 Å². The van der Waals surface area contributed by atoms with Gasteiger partial charge < -0.3 is 25.0 Å². The summed E-state index contributed by atoms with van der Waals surface area (Å²) >= 11 is 0. The molecule has 7 nitrogen and oxygen atoms in total. The molecule has 2 aromatic rings. The third-order valence-corrected chi connectivity index (χ3v) is 3.68. The van der Waals surface area contributed by atoms with E-state index in [0.717, 1.165) is 28.8 Å². The Morgan fingerprint density at radius 3 is 2.50 bits per heavy atom. The number of aromatic nitrogens is 1. The molecule has 0 aliphatic rings. The van der Waals surface area contributed by atoms with Crippen LogP contribution in [-0.2, 0) is 6.54 Å². The van der Waals surface area contributed by atoms with Crippen LogP contribution in [-0.4, -0.2) is 52.3 Å². The van der Waals surface area contributed by atoms with E-state index in [0.29, 0.717) is 19.7 Å². The Hall–Kier alpha value is -2.96. The molecule has 0 unspecified atom stereocenters. The minimum atomic E-state index is 0.531. The van der Waals surface area contributed by atoms with Crippen LogP contribution in [0.15, 0.2) is 47.6 Å². The Morgan fingerprint density at radius 2 is 1.85 bits per heavy atom. The van der Waals surface area contributed by atoms with Gasteiger partial charge in [-0.3, -0.25) is 4.99 Å². The maximum Gasteiger partial charge on any atom is 0.191 e. The van der Waals surface area contributed by atoms with E-state index in [1.165, 1.54) is 0 Å². The summed E-state index contributed by atoms with van der Waals surface area (Å²) in [4.78, 5) is 10.6. The van der Waals surface area contributed by atoms with Gasteiger partial charge in [-0.25, -0.2) is 4.98 Å². The first-order chi connectivity index (χ1) is 12.6. The molecule has 1 heterocycles. The van der Waals surface area contributed by atoms with Crippen molar-refractivity contribution in [1.29, 1.82) is 0 Å². The van der Waals surface area contributed by atoms with Crippen molar-refractivity contribution in [3.8, 4) is 11.5 Å². The number of anilines is 1. The van der Waals surface area contributed by atoms with E-state index in [1.807, 2.05) is 49.3 Å². The maximum atomic E-state index is 5.70. The summed E-state index contributed by atoms with van der Waals surface area (Å²) in [6.45, 7) is 1.81. The Labute approximate surface area is 155 Å². The molecular formula is C19H27N5O2. The second-order valence-electron chi connectivity index (χ2n) is 5.76. The van der Waals surface area contributed by atoms with Crippen LogP contribution in [0.4, 0.5) is 5.82 Å². The minimum Gasteiger partial charge on any atom is -0.497 e. The third kappa shape index (κ3) is 5.84. The zero-order valence-electron chi connectivity index (χ0n) is 15.8. The molecule has 26 heavy (non-hydrogen) atoms. The minimum absolute atomic E-state index is 0.531. The molecule has 1 aromatic carbocycles. The molecular weight excluding hydrogens is 330 g/mol. The molecule has 2 rings (SSSR count). The lowest BCUT2D eigenvalue weighted by Gasteiger charge is -2.17. The molecule has 0 spiro atoms. The number of benzene rings is 1. The first kappa shape index (κ1) is 19.4. The highest BCUT2D eigenvalue weighted by atomic mass is 16.5. The summed E-state index contributed by atoms with van der Waals surface area (Å²) in [5.74, 6) is 3.28. The topological polar surface area (TPSA) is 71.0 Å². The molecule has 0 saturated carbocycles. The molecule has 2 N–H and O–H groups in total. The fraction of sp³-hybridized carbons (Fsp3) is 0.368. The Morgan fingerprint density at radius 1 is 1.12 bits per heavy atom. The van der Waals surface area contributed by atoms with Crippen LogP contribution < -0.4 is 25.0 Å². The smallest absolute Gasteiger partial charge is 0.191 e. The summed E-state index contributed by atoms with van der Waals surface area (Å²) in [5, 5.41) is 6.53. The fourth-order valence-electron chi connectivity index (χ4n) is 2.38. The molecule has 0 saturated heterocycles. The van der Waals surface area contributed by atoms with Crippen molar-refractivity contribution in [2.24, 2.45) is 4.99 Å². The van der Waals surface area contributed by atoms with Crippen LogP contribution in [0, 0.1) is 0 Å². The fourth-order valence-corrected chi connectivity index (χ4v) is 2.38. The van der Waals surface area contributed by atoms with E-state index < -0.39 is 0 Å². The number of nitrogens with zero attached hydrogens (tertiary/aromatic N) is 3. The lowest BCUT2D eigenvalue weighted by molar-refractivity contribution is 0.321. The standard InChI is InChI=1S/C19H27N5O2/c1-20-19(23-14-15-6-5-11-21-18(15)24(2)3)22-12-13-26-17-9-7-16(25-4)8-10-17/h5-11H,12-14H2,1-4H3,(H2,20,22,23). The quantitative estimate of drug-likeness (QED) is 0.427. The van der Waals surface area contributed by atoms with Crippen molar-refractivity contribution in [1.82, 2.24) is 15.6 Å². The summed E-state index contributed by atoms with van der Waals surface area (Å²) in [6, 6.07) is 11.5. The van der Waals surface area contributed by atoms with Crippen molar-refractivity contribution in [2.75, 3.05) is 46.3 Å². The molecule has 0 bridgehead atoms. The number of methoxy groups -OCH3 is 1. The van der Waals surface area contributed by atoms with Crippen LogP contribution >= 0.6 is 0 Å². The first-order valence-corrected chi connectivity index (χ1v) is 8.46. The van der Waals surface area contributed by atoms with Crippen LogP contribution in [0.25, 0.3) is 0 Å². The highest BCUT2D eigenvalue weighted by molar-refractivity contribution is 5.79. The summed E-state index contributed by atoms with van der Waals surface area (Å²) in [6.07, 6.45) is 1.79. The molecule has 1 aromatic heterocycles. The van der Waals surface area contributed by atoms with Crippen LogP contribution in [0.1, 0.15) is 5.56 Å². The van der Waals surface area contributed by atoms with Gasteiger partial charge in [0.15, 0.2) is 5.96 Å². The summed E-state index contributed by atoms with van der Waals surface area (Å²) in [5.41, 5.74) is 1.11. The van der Waals surface area contributed by atoms with Gasteiger partial charge in [0.25, 0.3) is 0 Å². The number of pyridine rings is 1. The van der Waals surface area contributed by atoms with Gasteiger partial charge in [0, 0.05) is 39.4 Å². The zero-order chi connectivity index (χ0) is 18.8. The Kier molecular flexibility index (Phi) is 7.54. The number of guanidine groups is 1. The number of hydrogen-bond acceptors (Lipinski definition) is 5. The van der Waals surface area contributed by atoms with E-state index in [1.54, 1.807) is 20.4 Å². The number of nitrogens with one attached hydrogen (secondary N) is 2. The second kappa shape index (κ2) is 10.1. The molecule has 140 valence electrons. The molecule has 0 aliphatic carbocycles. The monoisotopic (exact) mass is 357 g/mol. The zero-order valence-corrected chi connectivity index (χ0v) is 15.8. The van der Waals surface area contributed by atoms with E-state index in [4.69, 9.17) is 9.47 Å². The molecule has 0 amide bonds. The number of aliphatic imine (C=N–C) groups is 1. The lowest BCUT2D eigenvalue weighted by atomic mass is 10.2. The predicted octanol–water partition coefficient (Wildman–Crippen LogP) is 1.90. The van der Waals surface area contributed by atoms with E-state index in [9.17, 15) is 0 Å². The Balaban J connectivity index is 1.76.